The SMILES string of the molecule is CCC[N+]1=C(/C=C/C=C/C=C2/N(CCCS(=O)(=O)O)c3ccc(S(=O)(=O)[O-])cc3C2(C)CCCCCC(=O)CCCCCc2nc(Cl)nc(NCC(=O)O)n2)C(C)(C)c2ccccc21.O=S(=O)=O. The van der Waals surface area contributed by atoms with Gasteiger partial charge in [-0.1, -0.05) is 62.6 Å². The third-order valence-electron chi connectivity index (χ3n) is 11.8. The standard InChI is InChI=1S/C46H59ClN6O9S2.O3S/c1-5-28-52-37-21-15-14-20-35(37)45(2,3)39(52)22-11-7-12-23-40-46(4,36-31-34(64(60,61)62)25-26-38(36)53(40)29-17-30-63(57,58)59)27-16-8-10-19-33(54)18-9-6-13-24-41-49-43(47)51-44(50-41)48-32-42(55)56;1-4(2)3/h7,11-12,14-15,20-23,25-26,31H,5-6,8-10,13,16-19,24,27-30,32H2,1-4H3,(H3-,48,49,50,51,55,56,57,58,59,60,61,62);. The second-order valence-electron chi connectivity index (χ2n) is 17.2. The Bertz CT molecular complexity index is 2770. The van der Waals surface area contributed by atoms with E-state index >= 15 is 0 Å². The van der Waals surface area contributed by atoms with Crippen LogP contribution in [0.15, 0.2) is 83.4 Å². The molecule has 18 nitrogen and oxygen atoms in total. The van der Waals surface area contributed by atoms with Crippen molar-refractivity contribution in [3.05, 3.63) is 101 Å². The number of fused-ring (bicyclic) bond motifs is 2. The zero-order valence-corrected chi connectivity index (χ0v) is 41.8. The molecular weight excluding hydrogens is 960 g/mol. The Labute approximate surface area is 404 Å². The second kappa shape index (κ2) is 24.9. The summed E-state index contributed by atoms with van der Waals surface area (Å²) >= 11 is 5.97. The molecule has 0 spiro atoms. The van der Waals surface area contributed by atoms with Gasteiger partial charge in [0.2, 0.25) is 16.9 Å². The maximum absolute atomic E-state index is 12.8. The number of para-hydroxylation sites is 1. The molecule has 68 heavy (non-hydrogen) atoms. The number of carbonyl (C=O) groups is 2. The summed E-state index contributed by atoms with van der Waals surface area (Å²) in [6.45, 7) is 9.31. The van der Waals surface area contributed by atoms with Crippen LogP contribution in [0, 0.1) is 0 Å². The number of benzene rings is 2. The third-order valence-corrected chi connectivity index (χ3v) is 13.6. The quantitative estimate of drug-likeness (QED) is 0.0331. The predicted octanol–water partition coefficient (Wildman–Crippen LogP) is 7.08. The van der Waals surface area contributed by atoms with Crippen molar-refractivity contribution >= 4 is 77.2 Å². The average Bonchev–Trinajstić information content (AvgIpc) is 3.60. The molecule has 3 heterocycles. The van der Waals surface area contributed by atoms with Gasteiger partial charge in [0, 0.05) is 66.7 Å². The van der Waals surface area contributed by atoms with Gasteiger partial charge in [-0.15, -0.1) is 12.6 Å². The molecule has 3 N–H and O–H groups in total. The molecule has 0 saturated carbocycles. The van der Waals surface area contributed by atoms with Gasteiger partial charge in [-0.05, 0) is 94.3 Å². The number of unbranched alkanes of at least 4 members (excludes halogenated alkanes) is 4. The Morgan fingerprint density at radius 2 is 1.57 bits per heavy atom. The van der Waals surface area contributed by atoms with Crippen molar-refractivity contribution in [2.75, 3.05) is 35.6 Å². The molecular formula is C46H59ClN6O12S3. The van der Waals surface area contributed by atoms with E-state index in [9.17, 15) is 35.5 Å². The molecule has 2 aliphatic heterocycles. The number of halogens is 1. The largest absolute Gasteiger partial charge is 0.744 e. The maximum Gasteiger partial charge on any atom is 0.425 e. The van der Waals surface area contributed by atoms with Gasteiger partial charge >= 0.3 is 16.6 Å². The highest BCUT2D eigenvalue weighted by Crippen LogP contribution is 2.51. The monoisotopic (exact) mass is 1020 g/mol. The lowest BCUT2D eigenvalue weighted by Crippen LogP contribution is -2.30. The molecule has 0 saturated heterocycles. The fourth-order valence-electron chi connectivity index (χ4n) is 8.68. The molecule has 3 aromatic rings. The minimum Gasteiger partial charge on any atom is -0.744 e. The fraction of sp³-hybridized carbons (Fsp3) is 0.478. The van der Waals surface area contributed by atoms with Gasteiger partial charge in [0.05, 0.1) is 16.1 Å². The molecule has 0 aliphatic carbocycles. The Hall–Kier alpha value is -5.19. The van der Waals surface area contributed by atoms with Gasteiger partial charge in [-0.3, -0.25) is 14.1 Å². The fourth-order valence-corrected chi connectivity index (χ4v) is 9.85. The van der Waals surface area contributed by atoms with E-state index in [1.807, 2.05) is 36.1 Å². The van der Waals surface area contributed by atoms with Crippen LogP contribution in [0.2, 0.25) is 5.28 Å². The minimum absolute atomic E-state index is 0.0339. The van der Waals surface area contributed by atoms with E-state index in [1.165, 1.54) is 29.1 Å². The number of nitrogens with zero attached hydrogens (tertiary/aromatic N) is 5. The second-order valence-corrected chi connectivity index (χ2v) is 20.9. The summed E-state index contributed by atoms with van der Waals surface area (Å²) in [6, 6.07) is 12.7. The number of anilines is 2. The number of aromatic nitrogens is 3. The van der Waals surface area contributed by atoms with Crippen LogP contribution in [0.4, 0.5) is 17.3 Å². The van der Waals surface area contributed by atoms with Gasteiger partial charge in [0.25, 0.3) is 10.1 Å². The average molecular weight is 1020 g/mol. The molecule has 370 valence electrons. The number of Topliss-reactive ketones (excluding diaryl/α,β-unsaturated/α-hetero) is 1. The van der Waals surface area contributed by atoms with E-state index in [4.69, 9.17) is 29.3 Å². The normalized spacial score (nSPS) is 17.1. The molecule has 0 bridgehead atoms. The van der Waals surface area contributed by atoms with Crippen molar-refractivity contribution in [2.45, 2.75) is 120 Å². The highest BCUT2D eigenvalue weighted by Gasteiger charge is 2.44. The Morgan fingerprint density at radius 3 is 2.22 bits per heavy atom. The summed E-state index contributed by atoms with van der Waals surface area (Å²) in [6.07, 6.45) is 17.1. The number of ketones is 1. The molecule has 1 atom stereocenters. The number of hydrogen-bond acceptors (Lipinski definition) is 15. The van der Waals surface area contributed by atoms with Crippen molar-refractivity contribution in [2.24, 2.45) is 0 Å². The van der Waals surface area contributed by atoms with Crippen molar-refractivity contribution in [1.29, 1.82) is 0 Å². The number of aryl methyl sites for hydroxylation is 1. The number of aliphatic carboxylic acids is 1. The van der Waals surface area contributed by atoms with Gasteiger partial charge in [-0.2, -0.15) is 23.0 Å². The van der Waals surface area contributed by atoms with Crippen molar-refractivity contribution < 1.29 is 57.8 Å². The number of carboxylic acids is 1. The lowest BCUT2D eigenvalue weighted by atomic mass is 9.77. The van der Waals surface area contributed by atoms with Crippen LogP contribution in [0.5, 0.6) is 0 Å². The molecule has 1 aromatic heterocycles. The molecule has 2 aliphatic rings. The Balaban J connectivity index is 0.00000242. The van der Waals surface area contributed by atoms with Gasteiger partial charge in [-0.25, -0.2) is 13.4 Å². The van der Waals surface area contributed by atoms with Gasteiger partial charge in [0.15, 0.2) is 5.71 Å². The summed E-state index contributed by atoms with van der Waals surface area (Å²) in [5, 5.41) is 11.4. The highest BCUT2D eigenvalue weighted by atomic mass is 35.5. The zero-order chi connectivity index (χ0) is 50.3. The molecule has 0 amide bonds. The number of rotatable bonds is 25. The van der Waals surface area contributed by atoms with E-state index in [-0.39, 0.29) is 46.8 Å². The third kappa shape index (κ3) is 15.9. The van der Waals surface area contributed by atoms with E-state index in [0.717, 1.165) is 25.1 Å². The van der Waals surface area contributed by atoms with Gasteiger partial charge in [0.1, 0.15) is 34.8 Å². The zero-order valence-electron chi connectivity index (χ0n) is 38.6. The predicted molar refractivity (Wildman–Crippen MR) is 257 cm³/mol. The van der Waals surface area contributed by atoms with Crippen LogP contribution >= 0.6 is 11.6 Å². The van der Waals surface area contributed by atoms with Crippen molar-refractivity contribution in [3.63, 3.8) is 0 Å². The van der Waals surface area contributed by atoms with Crippen molar-refractivity contribution in [3.8, 4) is 0 Å². The summed E-state index contributed by atoms with van der Waals surface area (Å²) in [7, 11) is -12.1. The van der Waals surface area contributed by atoms with Crippen LogP contribution in [0.1, 0.15) is 115 Å². The van der Waals surface area contributed by atoms with Crippen LogP contribution in [0.25, 0.3) is 0 Å². The number of nitrogens with one attached hydrogen (secondary N) is 1. The number of allylic oxidation sites excluding steroid dienone is 6. The summed E-state index contributed by atoms with van der Waals surface area (Å²) in [5.74, 6) is -0.849. The van der Waals surface area contributed by atoms with E-state index < -0.39 is 48.0 Å². The summed E-state index contributed by atoms with van der Waals surface area (Å²) in [5.41, 5.74) is 4.71. The lowest BCUT2D eigenvalue weighted by Gasteiger charge is -2.30. The Morgan fingerprint density at radius 1 is 0.897 bits per heavy atom. The van der Waals surface area contributed by atoms with E-state index in [0.29, 0.717) is 74.9 Å². The summed E-state index contributed by atoms with van der Waals surface area (Å²) in [4.78, 5) is 37.5. The minimum atomic E-state index is -4.79. The van der Waals surface area contributed by atoms with Crippen LogP contribution in [-0.4, -0.2) is 106 Å². The Kier molecular flexibility index (Phi) is 20.3. The van der Waals surface area contributed by atoms with Gasteiger partial charge < -0.3 is 19.9 Å². The first-order valence-corrected chi connectivity index (χ1v) is 26.6. The van der Waals surface area contributed by atoms with Crippen LogP contribution in [0.3, 0.4) is 0 Å². The smallest absolute Gasteiger partial charge is 0.425 e. The molecule has 0 radical (unpaired) electrons. The first-order valence-electron chi connectivity index (χ1n) is 22.3. The molecule has 2 aromatic carbocycles. The topological polar surface area (TPSA) is 274 Å². The molecule has 0 fully saturated rings. The van der Waals surface area contributed by atoms with E-state index in [2.05, 4.69) is 76.0 Å². The number of hydrogen-bond donors (Lipinski definition) is 3. The van der Waals surface area contributed by atoms with Crippen LogP contribution in [-0.2, 0) is 57.7 Å². The van der Waals surface area contributed by atoms with E-state index in [1.54, 1.807) is 6.07 Å². The first kappa shape index (κ1) is 55.4. The first-order chi connectivity index (χ1) is 32.0. The molecule has 22 heteroatoms. The maximum atomic E-state index is 12.8. The van der Waals surface area contributed by atoms with Crippen LogP contribution < -0.4 is 10.2 Å². The number of carboxylic acid groups (broad SMARTS) is 1. The number of carbonyl (C=O) groups excluding carboxylic acids is 1. The highest BCUT2D eigenvalue weighted by molar-refractivity contribution is 7.86. The lowest BCUT2D eigenvalue weighted by molar-refractivity contribution is -0.437. The molecule has 1 unspecified atom stereocenters. The summed E-state index contributed by atoms with van der Waals surface area (Å²) < 4.78 is 97.5. The van der Waals surface area contributed by atoms with Crippen molar-refractivity contribution in [1.82, 2.24) is 15.0 Å². The molecule has 5 rings (SSSR count).